The lowest BCUT2D eigenvalue weighted by Crippen LogP contribution is -2.62. The molecule has 2 aliphatic heterocycles. The van der Waals surface area contributed by atoms with E-state index >= 15 is 0 Å². The van der Waals surface area contributed by atoms with Gasteiger partial charge in [0.2, 0.25) is 5.91 Å². The van der Waals surface area contributed by atoms with Crippen LogP contribution in [-0.2, 0) is 22.5 Å². The molecule has 2 bridgehead atoms. The maximum atomic E-state index is 13.1. The van der Waals surface area contributed by atoms with Gasteiger partial charge in [-0.25, -0.2) is 4.79 Å². The molecule has 0 radical (unpaired) electrons. The highest BCUT2D eigenvalue weighted by Gasteiger charge is 2.47. The first-order valence-corrected chi connectivity index (χ1v) is 8.46. The van der Waals surface area contributed by atoms with E-state index in [1.807, 2.05) is 59.5 Å². The fourth-order valence-electron chi connectivity index (χ4n) is 3.93. The Morgan fingerprint density at radius 1 is 1.08 bits per heavy atom. The summed E-state index contributed by atoms with van der Waals surface area (Å²) in [6.45, 7) is 1.04. The molecule has 2 amide bonds. The molecular weight excluding hydrogens is 316 g/mol. The van der Waals surface area contributed by atoms with E-state index in [0.29, 0.717) is 19.5 Å². The van der Waals surface area contributed by atoms with Crippen molar-refractivity contribution in [2.24, 2.45) is 0 Å². The van der Waals surface area contributed by atoms with Crippen molar-refractivity contribution in [1.82, 2.24) is 9.80 Å². The van der Waals surface area contributed by atoms with Crippen LogP contribution < -0.4 is 0 Å². The van der Waals surface area contributed by atoms with Gasteiger partial charge in [0.25, 0.3) is 0 Å². The zero-order valence-electron chi connectivity index (χ0n) is 14.1. The van der Waals surface area contributed by atoms with Crippen molar-refractivity contribution in [3.05, 3.63) is 71.3 Å². The Labute approximate surface area is 146 Å². The molecule has 2 aromatic carbocycles. The molecule has 0 aliphatic carbocycles. The summed E-state index contributed by atoms with van der Waals surface area (Å²) in [5.74, 6) is -0.0139. The molecule has 5 heteroatoms. The molecule has 5 nitrogen and oxygen atoms in total. The number of carbonyl (C=O) groups excluding carboxylic acids is 2. The average Bonchev–Trinajstić information content (AvgIpc) is 2.65. The first-order chi connectivity index (χ1) is 12.2. The minimum atomic E-state index is -0.496. The Bertz CT molecular complexity index is 806. The molecule has 2 aliphatic rings. The van der Waals surface area contributed by atoms with Crippen molar-refractivity contribution in [1.29, 1.82) is 0 Å². The molecule has 1 fully saturated rings. The second kappa shape index (κ2) is 6.24. The minimum Gasteiger partial charge on any atom is -0.453 e. The number of amides is 2. The van der Waals surface area contributed by atoms with Crippen LogP contribution in [0.3, 0.4) is 0 Å². The van der Waals surface area contributed by atoms with Gasteiger partial charge in [-0.3, -0.25) is 9.69 Å². The van der Waals surface area contributed by atoms with Gasteiger partial charge in [-0.15, -0.1) is 0 Å². The summed E-state index contributed by atoms with van der Waals surface area (Å²) in [4.78, 5) is 28.9. The molecule has 2 atom stereocenters. The third-order valence-electron chi connectivity index (χ3n) is 5.09. The van der Waals surface area contributed by atoms with E-state index in [2.05, 4.69) is 0 Å². The highest BCUT2D eigenvalue weighted by Crippen LogP contribution is 2.38. The van der Waals surface area contributed by atoms with Crippen LogP contribution in [0.5, 0.6) is 0 Å². The Hall–Kier alpha value is -2.82. The van der Waals surface area contributed by atoms with E-state index in [4.69, 9.17) is 4.74 Å². The number of carbonyl (C=O) groups is 2. The lowest BCUT2D eigenvalue weighted by molar-refractivity contribution is -0.145. The molecule has 0 spiro atoms. The van der Waals surface area contributed by atoms with Crippen LogP contribution in [0, 0.1) is 0 Å². The molecule has 0 unspecified atom stereocenters. The van der Waals surface area contributed by atoms with Crippen LogP contribution in [0.4, 0.5) is 4.79 Å². The zero-order valence-corrected chi connectivity index (χ0v) is 14.1. The van der Waals surface area contributed by atoms with Crippen molar-refractivity contribution in [2.75, 3.05) is 13.7 Å². The van der Waals surface area contributed by atoms with Gasteiger partial charge in [0, 0.05) is 19.5 Å². The van der Waals surface area contributed by atoms with Crippen LogP contribution in [0.25, 0.3) is 0 Å². The van der Waals surface area contributed by atoms with Gasteiger partial charge in [-0.1, -0.05) is 54.6 Å². The number of nitrogens with zero attached hydrogens (tertiary/aromatic N) is 2. The lowest BCUT2D eigenvalue weighted by Gasteiger charge is -2.49. The van der Waals surface area contributed by atoms with E-state index in [-0.39, 0.29) is 11.9 Å². The molecule has 4 rings (SSSR count). The number of hydrogen-bond donors (Lipinski definition) is 0. The lowest BCUT2D eigenvalue weighted by atomic mass is 9.85. The normalized spacial score (nSPS) is 21.7. The predicted octanol–water partition coefficient (Wildman–Crippen LogP) is 2.76. The van der Waals surface area contributed by atoms with Crippen molar-refractivity contribution in [3.8, 4) is 0 Å². The molecule has 0 aromatic heterocycles. The Morgan fingerprint density at radius 3 is 2.56 bits per heavy atom. The number of piperazine rings is 1. The van der Waals surface area contributed by atoms with Gasteiger partial charge in [-0.05, 0) is 16.7 Å². The average molecular weight is 336 g/mol. The van der Waals surface area contributed by atoms with Gasteiger partial charge in [0.15, 0.2) is 0 Å². The molecular formula is C20H20N2O3. The first-order valence-electron chi connectivity index (χ1n) is 8.46. The molecule has 25 heavy (non-hydrogen) atoms. The van der Waals surface area contributed by atoms with Crippen molar-refractivity contribution >= 4 is 12.0 Å². The van der Waals surface area contributed by atoms with Crippen LogP contribution in [-0.4, -0.2) is 41.5 Å². The second-order valence-electron chi connectivity index (χ2n) is 6.52. The van der Waals surface area contributed by atoms with Gasteiger partial charge in [0.1, 0.15) is 6.04 Å². The SMILES string of the molecule is COC(=O)N1[C@H]2Cc3ccccc3[C@@H]1CN(Cc1ccccc1)C2=O. The predicted molar refractivity (Wildman–Crippen MR) is 92.8 cm³/mol. The molecule has 0 N–H and O–H groups in total. The van der Waals surface area contributed by atoms with Crippen LogP contribution >= 0.6 is 0 Å². The summed E-state index contributed by atoms with van der Waals surface area (Å²) in [5.41, 5.74) is 3.34. The fraction of sp³-hybridized carbons (Fsp3) is 0.300. The first kappa shape index (κ1) is 15.7. The van der Waals surface area contributed by atoms with Crippen molar-refractivity contribution in [2.45, 2.75) is 25.0 Å². The summed E-state index contributed by atoms with van der Waals surface area (Å²) >= 11 is 0. The number of rotatable bonds is 2. The molecule has 128 valence electrons. The van der Waals surface area contributed by atoms with E-state index in [1.54, 1.807) is 4.90 Å². The van der Waals surface area contributed by atoms with Gasteiger partial charge < -0.3 is 9.64 Å². The molecule has 1 saturated heterocycles. The molecule has 0 saturated carbocycles. The van der Waals surface area contributed by atoms with Crippen LogP contribution in [0.2, 0.25) is 0 Å². The van der Waals surface area contributed by atoms with Crippen LogP contribution in [0.1, 0.15) is 22.7 Å². The number of hydrogen-bond acceptors (Lipinski definition) is 3. The third kappa shape index (κ3) is 2.65. The van der Waals surface area contributed by atoms with E-state index < -0.39 is 12.1 Å². The monoisotopic (exact) mass is 336 g/mol. The van der Waals surface area contributed by atoms with Gasteiger partial charge >= 0.3 is 6.09 Å². The Balaban J connectivity index is 1.70. The van der Waals surface area contributed by atoms with Crippen molar-refractivity contribution < 1.29 is 14.3 Å². The van der Waals surface area contributed by atoms with E-state index in [9.17, 15) is 9.59 Å². The van der Waals surface area contributed by atoms with Gasteiger partial charge in [0.05, 0.1) is 13.2 Å². The maximum Gasteiger partial charge on any atom is 0.410 e. The van der Waals surface area contributed by atoms with Crippen LogP contribution in [0.15, 0.2) is 54.6 Å². The number of fused-ring (bicyclic) bond motifs is 4. The van der Waals surface area contributed by atoms with E-state index in [0.717, 1.165) is 16.7 Å². The topological polar surface area (TPSA) is 49.9 Å². The summed E-state index contributed by atoms with van der Waals surface area (Å²) in [5, 5.41) is 0. The van der Waals surface area contributed by atoms with Gasteiger partial charge in [-0.2, -0.15) is 0 Å². The summed E-state index contributed by atoms with van der Waals surface area (Å²) in [7, 11) is 1.37. The number of ether oxygens (including phenoxy) is 1. The van der Waals surface area contributed by atoms with Crippen molar-refractivity contribution in [3.63, 3.8) is 0 Å². The summed E-state index contributed by atoms with van der Waals surface area (Å²) < 4.78 is 4.96. The maximum absolute atomic E-state index is 13.1. The minimum absolute atomic E-state index is 0.0139. The summed E-state index contributed by atoms with van der Waals surface area (Å²) in [6, 6.07) is 17.3. The second-order valence-corrected chi connectivity index (χ2v) is 6.52. The fourth-order valence-corrected chi connectivity index (χ4v) is 3.93. The molecule has 2 aromatic rings. The number of methoxy groups -OCH3 is 1. The largest absolute Gasteiger partial charge is 0.453 e. The standard InChI is InChI=1S/C20H20N2O3/c1-25-20(24)22-17-11-15-9-5-6-10-16(15)18(22)13-21(19(17)23)12-14-7-3-2-4-8-14/h2-10,17-18H,11-13H2,1H3/t17-,18-/m0/s1. The summed E-state index contributed by atoms with van der Waals surface area (Å²) in [6.07, 6.45) is 0.100. The Kier molecular flexibility index (Phi) is 3.92. The smallest absolute Gasteiger partial charge is 0.410 e. The highest BCUT2D eigenvalue weighted by atomic mass is 16.5. The molecule has 2 heterocycles. The number of benzene rings is 2. The zero-order chi connectivity index (χ0) is 17.4. The van der Waals surface area contributed by atoms with E-state index in [1.165, 1.54) is 7.11 Å². The quantitative estimate of drug-likeness (QED) is 0.847. The Morgan fingerprint density at radius 2 is 1.80 bits per heavy atom. The third-order valence-corrected chi connectivity index (χ3v) is 5.09. The highest BCUT2D eigenvalue weighted by molar-refractivity contribution is 5.88.